The molecule has 2 heterocycles. The molecule has 1 saturated carbocycles. The number of aromatic amines is 1. The van der Waals surface area contributed by atoms with Gasteiger partial charge in [-0.25, -0.2) is 53.4 Å². The van der Waals surface area contributed by atoms with Crippen molar-refractivity contribution in [3.8, 4) is 41.7 Å². The number of H-pyrrole nitrogens is 1. The third-order valence-electron chi connectivity index (χ3n) is 14.3. The van der Waals surface area contributed by atoms with Crippen LogP contribution in [0.25, 0.3) is 10.9 Å². The van der Waals surface area contributed by atoms with Gasteiger partial charge >= 0.3 is 23.1 Å². The SMILES string of the molecule is C#C[C@@H](N)c1cccc(Br)c1F.C#C[C@@H](N[S@@](=O)C(C)(C)C)c1cccc(Br)c1F.CC(C)(C)C.CC(C)(C)[S@](=O)N=Cc1cccc(Br)c1F.CC(C)(C)[S@](=O)N[C@H](C#C[Si](C)(C)C)c1cccc(Br)c1F.Cc1nc2cc(=O)n(C3(C)CC3)cc2c(=O)[nH]1.Cl.O.O=Cc1cccc(Br)c1F.OCc1cccc(Br)c1F.[Br-].[C-]#C[Si](C)(C)C.[Mg+2]. The second-order valence-corrected chi connectivity index (χ2v) is 52.9. The number of carbonyl (C=O) groups excluding carboxylic acids is 1. The third-order valence-corrected chi connectivity index (χ3v) is 24.1. The minimum absolute atomic E-state index is 0. The van der Waals surface area contributed by atoms with Gasteiger partial charge in [-0.2, -0.15) is 4.40 Å². The van der Waals surface area contributed by atoms with E-state index in [0.717, 1.165) is 12.8 Å². The first kappa shape index (κ1) is 122. The van der Waals surface area contributed by atoms with Gasteiger partial charge in [-0.1, -0.05) is 151 Å². The monoisotopic (exact) mass is 2230 g/mol. The predicted octanol–water partition coefficient (Wildman–Crippen LogP) is 18.7. The summed E-state index contributed by atoms with van der Waals surface area (Å²) in [4.78, 5) is 40.7. The first-order valence-electron chi connectivity index (χ1n) is 35.5. The van der Waals surface area contributed by atoms with E-state index in [0.29, 0.717) is 83.1 Å². The Labute approximate surface area is 797 Å². The number of rotatable bonds is 12. The molecule has 6 atom stereocenters. The molecule has 6 aromatic carbocycles. The molecule has 1 aliphatic rings. The number of aliphatic hydroxyl groups excluding tert-OH is 1. The molecule has 35 heteroatoms. The van der Waals surface area contributed by atoms with Crippen molar-refractivity contribution < 1.29 is 71.3 Å². The molecular weight excluding hydrogens is 2130 g/mol. The first-order chi connectivity index (χ1) is 53.2. The fourth-order valence-electron chi connectivity index (χ4n) is 7.79. The number of aromatic nitrogens is 3. The van der Waals surface area contributed by atoms with E-state index < -0.39 is 98.9 Å². The Morgan fingerprint density at radius 1 is 0.633 bits per heavy atom. The maximum atomic E-state index is 14.4. The van der Waals surface area contributed by atoms with E-state index in [1.54, 1.807) is 121 Å². The molecule has 1 aliphatic carbocycles. The standard InChI is InChI=1S/C16H23BrFNOSSi.C13H15BrFNOS.C12H13N3O2.C11H13BrFNOS.C9H7BrFN.C7H6BrFO.C7H4BrFO.C5H9Si.C5H12.BrH.ClH.Mg.H2O/c1-16(2,3)21(20)19-14(10-11-22(4,5)6)12-8-7-9-13(17)15(12)18;1-5-11(16-18(17)13(2,3)4)9-7-6-8-10(14)12(9)15;1-7-13-9-5-10(16)15(12(2)3-4-12)6-8(9)11(17)14-7;1-11(2,3)16(15)14-7-8-5-4-6-9(12)10(8)13;1-2-8(12)6-4-3-5-7(10)9(6)11;2*8-6-3-1-2-5(4-10)7(6)9;1-5-6(2,3)4;1-5(2,3)4;;;;/h7-9,14,19H,1-6H3;1,6-8,11,16H,2-4H3;5-6H,3-4H2,1-2H3,(H,13,14,17);4-7H,1-3H3;1,3-5,8H,12H2;1-3,10H,4H2;1-4H;2-4H3;1-4H3;2*1H;;1H2/q;;;;;;;-1;;;;+2;/p-1/t14-,21+;11-,18+;;16-;8-;;;;;;;;/m11.01......../s1. The van der Waals surface area contributed by atoms with Crippen molar-refractivity contribution >= 4 is 204 Å². The van der Waals surface area contributed by atoms with Crippen molar-refractivity contribution in [3.05, 3.63) is 250 Å². The zero-order valence-corrected chi connectivity index (χ0v) is 88.6. The quantitative estimate of drug-likeness (QED) is 0.0194. The van der Waals surface area contributed by atoms with Crippen LogP contribution in [0.3, 0.4) is 0 Å². The molecule has 0 amide bonds. The molecule has 0 unspecified atom stereocenters. The van der Waals surface area contributed by atoms with Crippen LogP contribution in [0.5, 0.6) is 0 Å². The predicted molar refractivity (Wildman–Crippen MR) is 511 cm³/mol. The molecule has 2 aromatic heterocycles. The number of aldehydes is 1. The smallest absolute Gasteiger partial charge is 1.00 e. The average molecular weight is 2240 g/mol. The van der Waals surface area contributed by atoms with Crippen molar-refractivity contribution in [1.82, 2.24) is 24.0 Å². The normalized spacial score (nSPS) is 13.2. The second kappa shape index (κ2) is 56.0. The molecule has 9 rings (SSSR count). The van der Waals surface area contributed by atoms with Gasteiger partial charge in [0.05, 0.1) is 100 Å². The first-order valence-corrected chi connectivity index (χ1v) is 50.7. The number of carbonyl (C=O) groups is 1. The fraction of sp³-hybridized carbons (Fsp3) is 0.376. The van der Waals surface area contributed by atoms with Crippen LogP contribution in [-0.2, 0) is 45.1 Å². The summed E-state index contributed by atoms with van der Waals surface area (Å²) in [5, 5.41) is 9.06. The molecule has 8 aromatic rings. The molecule has 0 bridgehead atoms. The zero-order chi connectivity index (χ0) is 89.6. The van der Waals surface area contributed by atoms with Gasteiger partial charge in [0, 0.05) is 51.8 Å². The summed E-state index contributed by atoms with van der Waals surface area (Å²) in [5.41, 5.74) is 13.6. The number of halogens is 14. The van der Waals surface area contributed by atoms with Crippen LogP contribution in [0.2, 0.25) is 39.3 Å². The Kier molecular flexibility index (Phi) is 56.9. The van der Waals surface area contributed by atoms with Crippen LogP contribution >= 0.6 is 108 Å². The van der Waals surface area contributed by atoms with Crippen LogP contribution < -0.4 is 43.3 Å². The van der Waals surface area contributed by atoms with Gasteiger partial charge < -0.3 is 54.8 Å². The van der Waals surface area contributed by atoms with E-state index in [2.05, 4.69) is 215 Å². The van der Waals surface area contributed by atoms with E-state index in [1.807, 2.05) is 69.2 Å². The molecule has 0 saturated heterocycles. The van der Waals surface area contributed by atoms with E-state index in [9.17, 15) is 53.4 Å². The number of aliphatic hydroxyl groups is 1. The summed E-state index contributed by atoms with van der Waals surface area (Å²) < 4.78 is 129. The van der Waals surface area contributed by atoms with E-state index in [-0.39, 0.29) is 104 Å². The number of hydrogen-bond donors (Lipinski definition) is 5. The Morgan fingerprint density at radius 3 is 1.36 bits per heavy atom. The van der Waals surface area contributed by atoms with Crippen molar-refractivity contribution in [3.63, 3.8) is 0 Å². The molecule has 0 radical (unpaired) electrons. The van der Waals surface area contributed by atoms with Gasteiger partial charge in [0.25, 0.3) is 11.1 Å². The van der Waals surface area contributed by atoms with Crippen LogP contribution in [-0.4, -0.2) is 104 Å². The van der Waals surface area contributed by atoms with Crippen LogP contribution in [0.1, 0.15) is 172 Å². The van der Waals surface area contributed by atoms with E-state index in [1.165, 1.54) is 18.3 Å². The van der Waals surface area contributed by atoms with Crippen LogP contribution in [0, 0.1) is 95.4 Å². The molecule has 0 aliphatic heterocycles. The van der Waals surface area contributed by atoms with E-state index in [4.69, 9.17) is 30.1 Å². The van der Waals surface area contributed by atoms with Gasteiger partial charge in [-0.3, -0.25) is 14.4 Å². The van der Waals surface area contributed by atoms with Gasteiger partial charge in [-0.05, 0) is 232 Å². The molecule has 15 nitrogen and oxygen atoms in total. The summed E-state index contributed by atoms with van der Waals surface area (Å²) in [5.74, 6) is 5.85. The maximum absolute atomic E-state index is 14.4. The third kappa shape index (κ3) is 45.2. The van der Waals surface area contributed by atoms with Crippen molar-refractivity contribution in [1.29, 1.82) is 0 Å². The van der Waals surface area contributed by atoms with Gasteiger partial charge in [0.15, 0.2) is 6.29 Å². The molecule has 120 heavy (non-hydrogen) atoms. The fourth-order valence-corrected chi connectivity index (χ4v) is 12.7. The van der Waals surface area contributed by atoms with E-state index >= 15 is 0 Å². The Morgan fingerprint density at radius 2 is 1.00 bits per heavy atom. The minimum atomic E-state index is -1.62. The summed E-state index contributed by atoms with van der Waals surface area (Å²) in [6.07, 6.45) is 22.5. The van der Waals surface area contributed by atoms with Gasteiger partial charge in [0.1, 0.15) is 71.9 Å². The molecule has 1 fully saturated rings. The number of pyridine rings is 1. The molecule has 8 N–H and O–H groups in total. The largest absolute Gasteiger partial charge is 2.00 e. The molecule has 0 spiro atoms. The van der Waals surface area contributed by atoms with Crippen LogP contribution in [0.4, 0.5) is 26.3 Å². The summed E-state index contributed by atoms with van der Waals surface area (Å²) in [7, 11) is -6.88. The number of aryl methyl sites for hydroxylation is 1. The summed E-state index contributed by atoms with van der Waals surface area (Å²) in [6.45, 7) is 41.4. The number of fused-ring (bicyclic) bond motifs is 1. The summed E-state index contributed by atoms with van der Waals surface area (Å²) >= 11 is 18.4. The van der Waals surface area contributed by atoms with Gasteiger partial charge in [-0.15, -0.1) is 30.8 Å². The number of nitrogens with one attached hydrogen (secondary N) is 3. The van der Waals surface area contributed by atoms with Crippen molar-refractivity contribution in [2.45, 2.75) is 200 Å². The number of benzene rings is 6. The van der Waals surface area contributed by atoms with Crippen molar-refractivity contribution in [2.75, 3.05) is 0 Å². The maximum Gasteiger partial charge on any atom is 2.00 e. The van der Waals surface area contributed by atoms with Crippen LogP contribution in [0.15, 0.2) is 162 Å². The summed E-state index contributed by atoms with van der Waals surface area (Å²) in [6, 6.07) is 28.5. The molecular formula is C85H105Br7ClF6MgN7O8S3Si2. The number of nitrogens with zero attached hydrogens (tertiary/aromatic N) is 3. The average Bonchev–Trinajstić information content (AvgIpc) is 1.59. The number of terminal acetylenes is 2. The topological polar surface area (TPSA) is 250 Å². The van der Waals surface area contributed by atoms with Gasteiger partial charge in [0.2, 0.25) is 0 Å². The Hall–Kier alpha value is -4.33. The van der Waals surface area contributed by atoms with Crippen molar-refractivity contribution in [2.24, 2.45) is 15.5 Å². The minimum Gasteiger partial charge on any atom is -1.00 e. The molecule has 654 valence electrons. The zero-order valence-electron chi connectivity index (χ0n) is 70.8. The number of hydrogen-bond acceptors (Lipinski definition) is 9. The second-order valence-electron chi connectivity index (χ2n) is 32.3. The Bertz CT molecular complexity index is 5100. The Balaban J connectivity index is -0.000000644. The number of nitrogens with two attached hydrogens (primary N) is 1.